The predicted molar refractivity (Wildman–Crippen MR) is 43.4 cm³/mol. The van der Waals surface area contributed by atoms with Crippen LogP contribution >= 0.6 is 0 Å². The molecule has 1 fully saturated rings. The summed E-state index contributed by atoms with van der Waals surface area (Å²) in [6.45, 7) is 2.13. The van der Waals surface area contributed by atoms with Gasteiger partial charge in [0.05, 0.1) is 6.10 Å². The Morgan fingerprint density at radius 1 is 1.45 bits per heavy atom. The number of hydrogen-bond donors (Lipinski definition) is 0. The molecule has 3 atom stereocenters. The van der Waals surface area contributed by atoms with Crippen LogP contribution in [0.4, 0.5) is 0 Å². The maximum Gasteiger partial charge on any atom is 0.125 e. The molecule has 1 rings (SSSR count). The van der Waals surface area contributed by atoms with Crippen molar-refractivity contribution in [2.24, 2.45) is 11.8 Å². The summed E-state index contributed by atoms with van der Waals surface area (Å²) in [7, 11) is 1.69. The van der Waals surface area contributed by atoms with Gasteiger partial charge < -0.3 is 9.53 Å². The minimum Gasteiger partial charge on any atom is -0.381 e. The van der Waals surface area contributed by atoms with Gasteiger partial charge in [-0.05, 0) is 18.8 Å². The summed E-state index contributed by atoms with van der Waals surface area (Å²) < 4.78 is 5.23. The first kappa shape index (κ1) is 8.72. The maximum absolute atomic E-state index is 10.7. The van der Waals surface area contributed by atoms with Gasteiger partial charge in [-0.25, -0.2) is 0 Å². The number of carbonyl (C=O) groups is 1. The standard InChI is InChI=1S/C9H16O2/c1-7-4-3-5-9(11-2)8(7)6-10/h6-9H,3-5H2,1-2H3/t7-,8+,9?/m1/s1. The summed E-state index contributed by atoms with van der Waals surface area (Å²) >= 11 is 0. The quantitative estimate of drug-likeness (QED) is 0.568. The molecule has 0 aromatic carbocycles. The molecule has 0 saturated heterocycles. The Bertz CT molecular complexity index is 134. The number of methoxy groups -OCH3 is 1. The van der Waals surface area contributed by atoms with E-state index in [0.29, 0.717) is 5.92 Å². The number of aldehydes is 1. The van der Waals surface area contributed by atoms with Crippen molar-refractivity contribution in [3.8, 4) is 0 Å². The fourth-order valence-corrected chi connectivity index (χ4v) is 1.89. The molecule has 2 heteroatoms. The van der Waals surface area contributed by atoms with Gasteiger partial charge in [0, 0.05) is 13.0 Å². The third kappa shape index (κ3) is 1.80. The van der Waals surface area contributed by atoms with E-state index in [9.17, 15) is 4.79 Å². The van der Waals surface area contributed by atoms with Gasteiger partial charge in [-0.1, -0.05) is 13.3 Å². The van der Waals surface area contributed by atoms with Gasteiger partial charge in [0.2, 0.25) is 0 Å². The Kier molecular flexibility index (Phi) is 3.06. The Hall–Kier alpha value is -0.370. The second kappa shape index (κ2) is 3.86. The van der Waals surface area contributed by atoms with Crippen LogP contribution in [-0.4, -0.2) is 19.5 Å². The average Bonchev–Trinajstić information content (AvgIpc) is 2.04. The summed E-state index contributed by atoms with van der Waals surface area (Å²) in [4.78, 5) is 10.7. The molecule has 0 amide bonds. The van der Waals surface area contributed by atoms with Gasteiger partial charge in [0.15, 0.2) is 0 Å². The zero-order valence-corrected chi connectivity index (χ0v) is 7.25. The monoisotopic (exact) mass is 156 g/mol. The summed E-state index contributed by atoms with van der Waals surface area (Å²) in [5, 5.41) is 0. The Morgan fingerprint density at radius 3 is 2.64 bits per heavy atom. The number of ether oxygens (including phenoxy) is 1. The molecule has 0 heterocycles. The summed E-state index contributed by atoms with van der Waals surface area (Å²) in [6.07, 6.45) is 4.64. The molecule has 0 bridgehead atoms. The topological polar surface area (TPSA) is 26.3 Å². The van der Waals surface area contributed by atoms with Crippen molar-refractivity contribution >= 4 is 6.29 Å². The van der Waals surface area contributed by atoms with Crippen LogP contribution in [0, 0.1) is 11.8 Å². The zero-order valence-electron chi connectivity index (χ0n) is 7.25. The van der Waals surface area contributed by atoms with Gasteiger partial charge in [0.25, 0.3) is 0 Å². The van der Waals surface area contributed by atoms with Crippen LogP contribution in [0.5, 0.6) is 0 Å². The average molecular weight is 156 g/mol. The van der Waals surface area contributed by atoms with E-state index in [1.807, 2.05) is 0 Å². The Morgan fingerprint density at radius 2 is 2.18 bits per heavy atom. The molecule has 64 valence electrons. The molecule has 1 saturated carbocycles. The first-order valence-electron chi connectivity index (χ1n) is 4.27. The van der Waals surface area contributed by atoms with E-state index < -0.39 is 0 Å². The van der Waals surface area contributed by atoms with Crippen LogP contribution in [-0.2, 0) is 9.53 Å². The first-order chi connectivity index (χ1) is 5.29. The van der Waals surface area contributed by atoms with E-state index in [-0.39, 0.29) is 12.0 Å². The summed E-state index contributed by atoms with van der Waals surface area (Å²) in [5.41, 5.74) is 0. The molecule has 0 aliphatic heterocycles. The van der Waals surface area contributed by atoms with Crippen molar-refractivity contribution in [3.05, 3.63) is 0 Å². The molecule has 1 unspecified atom stereocenters. The molecule has 1 aliphatic carbocycles. The van der Waals surface area contributed by atoms with Crippen molar-refractivity contribution in [2.75, 3.05) is 7.11 Å². The fraction of sp³-hybridized carbons (Fsp3) is 0.889. The van der Waals surface area contributed by atoms with E-state index in [2.05, 4.69) is 6.92 Å². The van der Waals surface area contributed by atoms with E-state index in [0.717, 1.165) is 12.7 Å². The lowest BCUT2D eigenvalue weighted by atomic mass is 9.79. The highest BCUT2D eigenvalue weighted by atomic mass is 16.5. The van der Waals surface area contributed by atoms with Gasteiger partial charge in [-0.3, -0.25) is 0 Å². The van der Waals surface area contributed by atoms with Crippen LogP contribution in [0.25, 0.3) is 0 Å². The lowest BCUT2D eigenvalue weighted by Crippen LogP contribution is -2.33. The lowest BCUT2D eigenvalue weighted by Gasteiger charge is -2.31. The molecule has 0 N–H and O–H groups in total. The highest BCUT2D eigenvalue weighted by Crippen LogP contribution is 2.29. The molecular weight excluding hydrogens is 140 g/mol. The minimum absolute atomic E-state index is 0.133. The van der Waals surface area contributed by atoms with Gasteiger partial charge >= 0.3 is 0 Å². The van der Waals surface area contributed by atoms with Crippen molar-refractivity contribution in [1.29, 1.82) is 0 Å². The fourth-order valence-electron chi connectivity index (χ4n) is 1.89. The van der Waals surface area contributed by atoms with E-state index in [1.165, 1.54) is 12.8 Å². The first-order valence-corrected chi connectivity index (χ1v) is 4.27. The van der Waals surface area contributed by atoms with Crippen molar-refractivity contribution in [2.45, 2.75) is 32.3 Å². The predicted octanol–water partition coefficient (Wildman–Crippen LogP) is 1.64. The van der Waals surface area contributed by atoms with E-state index in [4.69, 9.17) is 4.74 Å². The molecule has 0 aromatic rings. The smallest absolute Gasteiger partial charge is 0.125 e. The summed E-state index contributed by atoms with van der Waals surface area (Å²) in [5.74, 6) is 0.639. The highest BCUT2D eigenvalue weighted by molar-refractivity contribution is 5.55. The van der Waals surface area contributed by atoms with Crippen molar-refractivity contribution in [1.82, 2.24) is 0 Å². The van der Waals surface area contributed by atoms with E-state index >= 15 is 0 Å². The van der Waals surface area contributed by atoms with Gasteiger partial charge in [-0.2, -0.15) is 0 Å². The lowest BCUT2D eigenvalue weighted by molar-refractivity contribution is -0.119. The number of rotatable bonds is 2. The number of hydrogen-bond acceptors (Lipinski definition) is 2. The normalized spacial score (nSPS) is 38.5. The Labute approximate surface area is 67.9 Å². The minimum atomic E-state index is 0.133. The molecule has 11 heavy (non-hydrogen) atoms. The molecule has 2 nitrogen and oxygen atoms in total. The number of carbonyl (C=O) groups excluding carboxylic acids is 1. The van der Waals surface area contributed by atoms with Crippen LogP contribution < -0.4 is 0 Å². The van der Waals surface area contributed by atoms with Crippen LogP contribution in [0.15, 0.2) is 0 Å². The van der Waals surface area contributed by atoms with Gasteiger partial charge in [-0.15, -0.1) is 0 Å². The summed E-state index contributed by atoms with van der Waals surface area (Å²) in [6, 6.07) is 0. The van der Waals surface area contributed by atoms with E-state index in [1.54, 1.807) is 7.11 Å². The molecular formula is C9H16O2. The molecule has 0 radical (unpaired) electrons. The molecule has 0 spiro atoms. The van der Waals surface area contributed by atoms with Crippen LogP contribution in [0.2, 0.25) is 0 Å². The SMILES string of the molecule is COC1CCC[C@@H](C)[C@@H]1C=O. The van der Waals surface area contributed by atoms with Gasteiger partial charge in [0.1, 0.15) is 6.29 Å². The van der Waals surface area contributed by atoms with Crippen LogP contribution in [0.1, 0.15) is 26.2 Å². The largest absolute Gasteiger partial charge is 0.381 e. The second-order valence-corrected chi connectivity index (χ2v) is 3.40. The van der Waals surface area contributed by atoms with Crippen molar-refractivity contribution < 1.29 is 9.53 Å². The van der Waals surface area contributed by atoms with Crippen LogP contribution in [0.3, 0.4) is 0 Å². The Balaban J connectivity index is 2.55. The third-order valence-corrected chi connectivity index (χ3v) is 2.69. The zero-order chi connectivity index (χ0) is 8.27. The second-order valence-electron chi connectivity index (χ2n) is 3.40. The molecule has 0 aromatic heterocycles. The third-order valence-electron chi connectivity index (χ3n) is 2.69. The molecule has 1 aliphatic rings. The van der Waals surface area contributed by atoms with Crippen molar-refractivity contribution in [3.63, 3.8) is 0 Å². The highest BCUT2D eigenvalue weighted by Gasteiger charge is 2.29. The maximum atomic E-state index is 10.7.